The Morgan fingerprint density at radius 2 is 1.65 bits per heavy atom. The molecule has 7 atom stereocenters. The topological polar surface area (TPSA) is 0 Å². The van der Waals surface area contributed by atoms with E-state index in [9.17, 15) is 0 Å². The van der Waals surface area contributed by atoms with Crippen molar-refractivity contribution in [3.63, 3.8) is 0 Å². The van der Waals surface area contributed by atoms with Gasteiger partial charge < -0.3 is 0 Å². The minimum Gasteiger partial charge on any atom is -0.0890 e. The van der Waals surface area contributed by atoms with Crippen LogP contribution in [0, 0.1) is 34.5 Å². The van der Waals surface area contributed by atoms with Gasteiger partial charge in [0.1, 0.15) is 0 Å². The average molecular weight is 339 g/mol. The third-order valence-electron chi connectivity index (χ3n) is 8.34. The third kappa shape index (κ3) is 1.90. The van der Waals surface area contributed by atoms with Crippen LogP contribution in [-0.2, 0) is 0 Å². The van der Waals surface area contributed by atoms with E-state index in [4.69, 9.17) is 0 Å². The van der Waals surface area contributed by atoms with Crippen molar-refractivity contribution in [3.8, 4) is 0 Å². The van der Waals surface area contributed by atoms with E-state index in [1.165, 1.54) is 38.5 Å². The minimum absolute atomic E-state index is 0.666. The first-order valence-corrected chi connectivity index (χ1v) is 10.1. The molecule has 0 aromatic carbocycles. The first kappa shape index (κ1) is 14.1. The van der Waals surface area contributed by atoms with Crippen molar-refractivity contribution in [2.45, 2.75) is 82.9 Å². The van der Waals surface area contributed by atoms with E-state index in [1.54, 1.807) is 25.7 Å². The summed E-state index contributed by atoms with van der Waals surface area (Å²) in [5.74, 6) is 4.26. The Labute approximate surface area is 133 Å². The summed E-state index contributed by atoms with van der Waals surface area (Å²) in [6, 6.07) is 0. The molecule has 1 heteroatoms. The van der Waals surface area contributed by atoms with Crippen LogP contribution in [0.2, 0.25) is 0 Å². The van der Waals surface area contributed by atoms with Crippen LogP contribution >= 0.6 is 15.9 Å². The second-order valence-corrected chi connectivity index (χ2v) is 10.4. The second kappa shape index (κ2) is 4.74. The number of hydrogen-bond donors (Lipinski definition) is 0. The molecule has 0 aliphatic heterocycles. The molecule has 0 saturated heterocycles. The fraction of sp³-hybridized carbons (Fsp3) is 1.00. The van der Waals surface area contributed by atoms with Crippen LogP contribution in [0.25, 0.3) is 0 Å². The van der Waals surface area contributed by atoms with Crippen LogP contribution in [0.5, 0.6) is 0 Å². The normalized spacial score (nSPS) is 58.6. The summed E-state index contributed by atoms with van der Waals surface area (Å²) < 4.78 is 0. The van der Waals surface area contributed by atoms with Gasteiger partial charge in [0.25, 0.3) is 0 Å². The predicted octanol–water partition coefficient (Wildman–Crippen LogP) is 6.18. The van der Waals surface area contributed by atoms with Crippen molar-refractivity contribution < 1.29 is 0 Å². The molecule has 0 aromatic heterocycles. The molecule has 0 heterocycles. The molecule has 0 spiro atoms. The Balaban J connectivity index is 1.64. The molecular formula is C19H31Br. The van der Waals surface area contributed by atoms with Crippen LogP contribution in [0.4, 0.5) is 0 Å². The van der Waals surface area contributed by atoms with Crippen molar-refractivity contribution in [3.05, 3.63) is 0 Å². The van der Waals surface area contributed by atoms with E-state index >= 15 is 0 Å². The summed E-state index contributed by atoms with van der Waals surface area (Å²) >= 11 is 3.97. The lowest BCUT2D eigenvalue weighted by Crippen LogP contribution is -2.53. The maximum Gasteiger partial charge on any atom is 0.0151 e. The van der Waals surface area contributed by atoms with E-state index < -0.39 is 0 Å². The first-order chi connectivity index (χ1) is 9.53. The Kier molecular flexibility index (Phi) is 3.34. The molecule has 0 N–H and O–H groups in total. The van der Waals surface area contributed by atoms with E-state index in [0.29, 0.717) is 5.41 Å². The molecular weight excluding hydrogens is 308 g/mol. The lowest BCUT2D eigenvalue weighted by atomic mass is 9.45. The highest BCUT2D eigenvalue weighted by molar-refractivity contribution is 9.09. The third-order valence-corrected chi connectivity index (χ3v) is 9.12. The van der Waals surface area contributed by atoms with Crippen LogP contribution in [0.3, 0.4) is 0 Å². The molecule has 114 valence electrons. The average Bonchev–Trinajstić information content (AvgIpc) is 2.79. The van der Waals surface area contributed by atoms with E-state index in [0.717, 1.165) is 33.9 Å². The number of alkyl halides is 1. The van der Waals surface area contributed by atoms with Gasteiger partial charge >= 0.3 is 0 Å². The van der Waals surface area contributed by atoms with Gasteiger partial charge in [0.05, 0.1) is 0 Å². The molecule has 0 bridgehead atoms. The van der Waals surface area contributed by atoms with Gasteiger partial charge in [-0.25, -0.2) is 0 Å². The molecule has 4 fully saturated rings. The zero-order valence-corrected chi connectivity index (χ0v) is 14.9. The van der Waals surface area contributed by atoms with Crippen molar-refractivity contribution >= 4 is 15.9 Å². The molecule has 20 heavy (non-hydrogen) atoms. The standard InChI is InChI=1S/C19H31Br/c1-18-10-3-4-16(18)15-8-6-13-5-7-14(20)12-19(13,2)17(15)9-11-18/h13-17H,3-12H2,1-2H3/t13-,14-,15+,16+,17+,18+,19+/m1/s1. The maximum absolute atomic E-state index is 3.97. The van der Waals surface area contributed by atoms with Gasteiger partial charge in [0.15, 0.2) is 0 Å². The maximum atomic E-state index is 3.97. The Morgan fingerprint density at radius 1 is 0.850 bits per heavy atom. The van der Waals surface area contributed by atoms with E-state index in [2.05, 4.69) is 29.8 Å². The van der Waals surface area contributed by atoms with Crippen LogP contribution in [-0.4, -0.2) is 4.83 Å². The fourth-order valence-corrected chi connectivity index (χ4v) is 8.24. The number of fused-ring (bicyclic) bond motifs is 5. The van der Waals surface area contributed by atoms with Gasteiger partial charge in [-0.2, -0.15) is 0 Å². The zero-order chi connectivity index (χ0) is 14.0. The number of halogens is 1. The van der Waals surface area contributed by atoms with Gasteiger partial charge in [-0.15, -0.1) is 0 Å². The molecule has 4 aliphatic rings. The van der Waals surface area contributed by atoms with Crippen LogP contribution in [0.1, 0.15) is 78.1 Å². The molecule has 4 aliphatic carbocycles. The van der Waals surface area contributed by atoms with Gasteiger partial charge in [0, 0.05) is 4.83 Å². The van der Waals surface area contributed by atoms with Crippen LogP contribution in [0.15, 0.2) is 0 Å². The van der Waals surface area contributed by atoms with Crippen molar-refractivity contribution in [1.82, 2.24) is 0 Å². The van der Waals surface area contributed by atoms with Crippen LogP contribution < -0.4 is 0 Å². The predicted molar refractivity (Wildman–Crippen MR) is 89.1 cm³/mol. The summed E-state index contributed by atoms with van der Waals surface area (Å²) in [5, 5.41) is 0. The highest BCUT2D eigenvalue weighted by Gasteiger charge is 2.57. The van der Waals surface area contributed by atoms with E-state index in [-0.39, 0.29) is 0 Å². The summed E-state index contributed by atoms with van der Waals surface area (Å²) in [7, 11) is 0. The van der Waals surface area contributed by atoms with Gasteiger partial charge in [0.2, 0.25) is 0 Å². The van der Waals surface area contributed by atoms with Gasteiger partial charge in [-0.1, -0.05) is 36.2 Å². The van der Waals surface area contributed by atoms with Gasteiger partial charge in [-0.3, -0.25) is 0 Å². The Hall–Kier alpha value is 0.480. The largest absolute Gasteiger partial charge is 0.0890 e. The summed E-state index contributed by atoms with van der Waals surface area (Å²) in [4.78, 5) is 0.805. The summed E-state index contributed by atoms with van der Waals surface area (Å²) in [6.07, 6.45) is 15.2. The van der Waals surface area contributed by atoms with Crippen molar-refractivity contribution in [2.24, 2.45) is 34.5 Å². The summed E-state index contributed by atoms with van der Waals surface area (Å²) in [6.45, 7) is 5.31. The Bertz CT molecular complexity index is 391. The first-order valence-electron chi connectivity index (χ1n) is 9.17. The number of hydrogen-bond acceptors (Lipinski definition) is 0. The SMILES string of the molecule is C[C@@]12CCC[C@H]1[C@@H]1CC[C@H]3CC[C@@H](Br)C[C@]3(C)[C@H]1CC2. The molecule has 0 unspecified atom stereocenters. The second-order valence-electron chi connectivity index (χ2n) is 9.12. The molecule has 0 nitrogen and oxygen atoms in total. The molecule has 0 amide bonds. The molecule has 0 radical (unpaired) electrons. The minimum atomic E-state index is 0.666. The van der Waals surface area contributed by atoms with Gasteiger partial charge in [-0.05, 0) is 92.3 Å². The van der Waals surface area contributed by atoms with Crippen molar-refractivity contribution in [2.75, 3.05) is 0 Å². The van der Waals surface area contributed by atoms with Crippen molar-refractivity contribution in [1.29, 1.82) is 0 Å². The highest BCUT2D eigenvalue weighted by atomic mass is 79.9. The summed E-state index contributed by atoms with van der Waals surface area (Å²) in [5.41, 5.74) is 1.39. The monoisotopic (exact) mass is 338 g/mol. The fourth-order valence-electron chi connectivity index (χ4n) is 7.28. The molecule has 4 rings (SSSR count). The lowest BCUT2D eigenvalue weighted by Gasteiger charge is -2.60. The Morgan fingerprint density at radius 3 is 2.50 bits per heavy atom. The molecule has 0 aromatic rings. The molecule has 4 saturated carbocycles. The highest BCUT2D eigenvalue weighted by Crippen LogP contribution is 2.66. The van der Waals surface area contributed by atoms with E-state index in [1.807, 2.05) is 0 Å². The lowest BCUT2D eigenvalue weighted by molar-refractivity contribution is -0.101. The smallest absolute Gasteiger partial charge is 0.0151 e. The number of rotatable bonds is 0. The quantitative estimate of drug-likeness (QED) is 0.462. The zero-order valence-electron chi connectivity index (χ0n) is 13.3.